The van der Waals surface area contributed by atoms with Gasteiger partial charge >= 0.3 is 0 Å². The van der Waals surface area contributed by atoms with Crippen LogP contribution in [0.25, 0.3) is 0 Å². The van der Waals surface area contributed by atoms with E-state index in [1.54, 1.807) is 18.7 Å². The Hall–Kier alpha value is -2.17. The van der Waals surface area contributed by atoms with Crippen LogP contribution in [0, 0.1) is 20.8 Å². The third-order valence-corrected chi connectivity index (χ3v) is 6.79. The van der Waals surface area contributed by atoms with E-state index in [0.29, 0.717) is 11.4 Å². The first-order chi connectivity index (χ1) is 13.0. The summed E-state index contributed by atoms with van der Waals surface area (Å²) in [4.78, 5) is 12.6. The van der Waals surface area contributed by atoms with Gasteiger partial charge in [0.05, 0.1) is 29.3 Å². The number of rotatable bonds is 4. The van der Waals surface area contributed by atoms with Crippen LogP contribution >= 0.6 is 0 Å². The first-order valence-electron chi connectivity index (χ1n) is 9.08. The molecular formula is C18H26N4O5S. The summed E-state index contributed by atoms with van der Waals surface area (Å²) in [5.74, 6) is -0.405. The second-order valence-corrected chi connectivity index (χ2v) is 9.14. The minimum atomic E-state index is -3.79. The molecule has 1 saturated heterocycles. The van der Waals surface area contributed by atoms with Crippen LogP contribution in [-0.4, -0.2) is 53.7 Å². The Bertz CT molecular complexity index is 998. The Labute approximate surface area is 164 Å². The van der Waals surface area contributed by atoms with Crippen LogP contribution in [0.1, 0.15) is 41.6 Å². The van der Waals surface area contributed by atoms with Gasteiger partial charge in [-0.2, -0.15) is 9.40 Å². The number of carbonyl (C=O) groups is 1. The van der Waals surface area contributed by atoms with Crippen molar-refractivity contribution in [2.45, 2.75) is 51.7 Å². The second-order valence-electron chi connectivity index (χ2n) is 7.23. The normalized spacial score (nSPS) is 21.1. The summed E-state index contributed by atoms with van der Waals surface area (Å²) in [5, 5.41) is 7.01. The maximum atomic E-state index is 13.1. The standard InChI is InChI=1S/C18H26N4O5S/c1-10-8-22(9-11(2)26-10)28(24,25)16-7-15(27-14(16)5)18(23)19-17-12(3)20-21(6)13(17)4/h7,10-11H,8-9H2,1-6H3,(H,19,23)/t10-,11-/m1/s1. The third kappa shape index (κ3) is 3.71. The largest absolute Gasteiger partial charge is 0.455 e. The number of aromatic nitrogens is 2. The van der Waals surface area contributed by atoms with Gasteiger partial charge in [0.1, 0.15) is 10.7 Å². The van der Waals surface area contributed by atoms with Gasteiger partial charge in [-0.05, 0) is 34.6 Å². The number of nitrogens with zero attached hydrogens (tertiary/aromatic N) is 3. The molecule has 2 aromatic heterocycles. The Balaban J connectivity index is 1.87. The fourth-order valence-corrected chi connectivity index (χ4v) is 5.18. The smallest absolute Gasteiger partial charge is 0.291 e. The summed E-state index contributed by atoms with van der Waals surface area (Å²) in [6.45, 7) is 9.33. The molecule has 0 saturated carbocycles. The predicted molar refractivity (Wildman–Crippen MR) is 103 cm³/mol. The molecule has 0 aliphatic carbocycles. The van der Waals surface area contributed by atoms with Gasteiger partial charge in [0.25, 0.3) is 5.91 Å². The average Bonchev–Trinajstić information content (AvgIpc) is 3.10. The minimum absolute atomic E-state index is 0.00131. The van der Waals surface area contributed by atoms with E-state index in [-0.39, 0.29) is 41.7 Å². The van der Waals surface area contributed by atoms with Crippen LogP contribution < -0.4 is 5.32 Å². The monoisotopic (exact) mass is 410 g/mol. The van der Waals surface area contributed by atoms with Gasteiger partial charge in [0, 0.05) is 26.2 Å². The molecule has 10 heteroatoms. The highest BCUT2D eigenvalue weighted by atomic mass is 32.2. The molecule has 28 heavy (non-hydrogen) atoms. The molecule has 2 atom stereocenters. The highest BCUT2D eigenvalue weighted by Gasteiger charge is 2.35. The number of nitrogens with one attached hydrogen (secondary N) is 1. The molecule has 0 bridgehead atoms. The SMILES string of the molecule is Cc1nn(C)c(C)c1NC(=O)c1cc(S(=O)(=O)N2C[C@@H](C)O[C@H](C)C2)c(C)o1. The van der Waals surface area contributed by atoms with Crippen molar-refractivity contribution >= 4 is 21.6 Å². The summed E-state index contributed by atoms with van der Waals surface area (Å²) in [6.07, 6.45) is -0.407. The molecule has 1 aliphatic heterocycles. The van der Waals surface area contributed by atoms with E-state index >= 15 is 0 Å². The molecule has 1 aliphatic rings. The number of ether oxygens (including phenoxy) is 1. The maximum absolute atomic E-state index is 13.1. The Morgan fingerprint density at radius 3 is 2.36 bits per heavy atom. The predicted octanol–water partition coefficient (Wildman–Crippen LogP) is 1.99. The van der Waals surface area contributed by atoms with Crippen molar-refractivity contribution in [2.24, 2.45) is 7.05 Å². The van der Waals surface area contributed by atoms with Crippen LogP contribution in [0.2, 0.25) is 0 Å². The lowest BCUT2D eigenvalue weighted by Gasteiger charge is -2.34. The number of hydrogen-bond donors (Lipinski definition) is 1. The zero-order chi connectivity index (χ0) is 20.8. The minimum Gasteiger partial charge on any atom is -0.455 e. The Kier molecular flexibility index (Phi) is 5.39. The molecular weight excluding hydrogens is 384 g/mol. The summed E-state index contributed by atoms with van der Waals surface area (Å²) in [5.41, 5.74) is 2.04. The van der Waals surface area contributed by atoms with Crippen molar-refractivity contribution < 1.29 is 22.4 Å². The fourth-order valence-electron chi connectivity index (χ4n) is 3.43. The number of anilines is 1. The van der Waals surface area contributed by atoms with E-state index < -0.39 is 15.9 Å². The zero-order valence-corrected chi connectivity index (χ0v) is 17.8. The number of furan rings is 1. The molecule has 0 radical (unpaired) electrons. The van der Waals surface area contributed by atoms with E-state index in [1.165, 1.54) is 17.3 Å². The molecule has 9 nitrogen and oxygen atoms in total. The number of carbonyl (C=O) groups excluding carboxylic acids is 1. The molecule has 1 fully saturated rings. The quantitative estimate of drug-likeness (QED) is 0.826. The molecule has 1 amide bonds. The molecule has 2 aromatic rings. The van der Waals surface area contributed by atoms with Gasteiger partial charge in [0.15, 0.2) is 5.76 Å². The van der Waals surface area contributed by atoms with Gasteiger partial charge in [0.2, 0.25) is 10.0 Å². The fraction of sp³-hybridized carbons (Fsp3) is 0.556. The lowest BCUT2D eigenvalue weighted by atomic mass is 10.3. The van der Waals surface area contributed by atoms with Crippen LogP contribution in [-0.2, 0) is 21.8 Å². The van der Waals surface area contributed by atoms with Gasteiger partial charge in [-0.3, -0.25) is 9.48 Å². The van der Waals surface area contributed by atoms with Crippen LogP contribution in [0.15, 0.2) is 15.4 Å². The molecule has 0 spiro atoms. The topological polar surface area (TPSA) is 107 Å². The molecule has 3 heterocycles. The van der Waals surface area contributed by atoms with E-state index in [1.807, 2.05) is 20.8 Å². The van der Waals surface area contributed by atoms with Crippen LogP contribution in [0.4, 0.5) is 5.69 Å². The van der Waals surface area contributed by atoms with Crippen molar-refractivity contribution in [3.05, 3.63) is 29.0 Å². The van der Waals surface area contributed by atoms with E-state index in [2.05, 4.69) is 10.4 Å². The number of sulfonamides is 1. The Morgan fingerprint density at radius 1 is 1.21 bits per heavy atom. The number of amides is 1. The summed E-state index contributed by atoms with van der Waals surface area (Å²) >= 11 is 0. The van der Waals surface area contributed by atoms with Crippen molar-refractivity contribution in [1.29, 1.82) is 0 Å². The summed E-state index contributed by atoms with van der Waals surface area (Å²) in [6, 6.07) is 1.28. The maximum Gasteiger partial charge on any atom is 0.291 e. The summed E-state index contributed by atoms with van der Waals surface area (Å²) in [7, 11) is -2.01. The van der Waals surface area contributed by atoms with Crippen molar-refractivity contribution in [3.63, 3.8) is 0 Å². The van der Waals surface area contributed by atoms with Crippen molar-refractivity contribution in [2.75, 3.05) is 18.4 Å². The Morgan fingerprint density at radius 2 is 1.82 bits per heavy atom. The van der Waals surface area contributed by atoms with Crippen LogP contribution in [0.5, 0.6) is 0 Å². The first-order valence-corrected chi connectivity index (χ1v) is 10.5. The lowest BCUT2D eigenvalue weighted by molar-refractivity contribution is -0.0441. The number of aryl methyl sites for hydroxylation is 3. The first kappa shape index (κ1) is 20.6. The number of morpholine rings is 1. The highest BCUT2D eigenvalue weighted by molar-refractivity contribution is 7.89. The number of hydrogen-bond acceptors (Lipinski definition) is 6. The average molecular weight is 410 g/mol. The second kappa shape index (κ2) is 7.34. The zero-order valence-electron chi connectivity index (χ0n) is 16.9. The lowest BCUT2D eigenvalue weighted by Crippen LogP contribution is -2.48. The van der Waals surface area contributed by atoms with Crippen LogP contribution in [0.3, 0.4) is 0 Å². The summed E-state index contributed by atoms with van der Waals surface area (Å²) < 4.78 is 40.3. The van der Waals surface area contributed by atoms with Gasteiger partial charge in [-0.25, -0.2) is 8.42 Å². The molecule has 0 aromatic carbocycles. The van der Waals surface area contributed by atoms with Gasteiger partial charge < -0.3 is 14.5 Å². The van der Waals surface area contributed by atoms with Gasteiger partial charge in [-0.15, -0.1) is 0 Å². The highest BCUT2D eigenvalue weighted by Crippen LogP contribution is 2.27. The van der Waals surface area contributed by atoms with Crippen molar-refractivity contribution in [1.82, 2.24) is 14.1 Å². The molecule has 0 unspecified atom stereocenters. The van der Waals surface area contributed by atoms with E-state index in [0.717, 1.165) is 5.69 Å². The molecule has 1 N–H and O–H groups in total. The third-order valence-electron chi connectivity index (χ3n) is 4.85. The van der Waals surface area contributed by atoms with E-state index in [9.17, 15) is 13.2 Å². The molecule has 154 valence electrons. The van der Waals surface area contributed by atoms with E-state index in [4.69, 9.17) is 9.15 Å². The van der Waals surface area contributed by atoms with Gasteiger partial charge in [-0.1, -0.05) is 0 Å². The molecule has 3 rings (SSSR count). The van der Waals surface area contributed by atoms with Crippen molar-refractivity contribution in [3.8, 4) is 0 Å².